The Morgan fingerprint density at radius 1 is 0.238 bits per heavy atom. The third-order valence-corrected chi connectivity index (χ3v) is 14.1. The molecule has 0 aromatic heterocycles. The summed E-state index contributed by atoms with van der Waals surface area (Å²) in [4.78, 5) is 4.98. The Labute approximate surface area is 367 Å². The summed E-state index contributed by atoms with van der Waals surface area (Å²) in [5.74, 6) is 0. The van der Waals surface area contributed by atoms with Crippen molar-refractivity contribution in [3.05, 3.63) is 253 Å². The number of rotatable bonds is 3. The Bertz CT molecular complexity index is 3480. The average molecular weight is 799 g/mol. The van der Waals surface area contributed by atoms with Gasteiger partial charge in [0.1, 0.15) is 0 Å². The van der Waals surface area contributed by atoms with E-state index in [9.17, 15) is 0 Å². The van der Waals surface area contributed by atoms with Crippen molar-refractivity contribution in [3.8, 4) is 66.8 Å². The van der Waals surface area contributed by atoms with Gasteiger partial charge in [0, 0.05) is 16.8 Å². The number of para-hydroxylation sites is 3. The lowest BCUT2D eigenvalue weighted by atomic mass is 9.70. The molecule has 2 heteroatoms. The normalized spacial score (nSPS) is 13.8. The van der Waals surface area contributed by atoms with Crippen molar-refractivity contribution in [2.75, 3.05) is 9.80 Å². The summed E-state index contributed by atoms with van der Waals surface area (Å²) < 4.78 is 0. The van der Waals surface area contributed by atoms with Crippen molar-refractivity contribution in [2.45, 2.75) is 5.41 Å². The van der Waals surface area contributed by atoms with Crippen LogP contribution in [0.3, 0.4) is 0 Å². The van der Waals surface area contributed by atoms with E-state index in [4.69, 9.17) is 0 Å². The van der Waals surface area contributed by atoms with Gasteiger partial charge in [0.15, 0.2) is 0 Å². The van der Waals surface area contributed by atoms with E-state index in [1.807, 2.05) is 0 Å². The molecule has 1 spiro atoms. The molecule has 292 valence electrons. The molecule has 0 saturated heterocycles. The van der Waals surface area contributed by atoms with Crippen molar-refractivity contribution in [1.82, 2.24) is 0 Å². The first-order chi connectivity index (χ1) is 31.3. The van der Waals surface area contributed by atoms with E-state index in [2.05, 4.69) is 240 Å². The molecule has 4 aliphatic rings. The van der Waals surface area contributed by atoms with Crippen LogP contribution in [0.15, 0.2) is 231 Å². The zero-order valence-corrected chi connectivity index (χ0v) is 34.3. The van der Waals surface area contributed by atoms with Crippen molar-refractivity contribution in [1.29, 1.82) is 0 Å². The summed E-state index contributed by atoms with van der Waals surface area (Å²) in [6.07, 6.45) is 0. The third-order valence-electron chi connectivity index (χ3n) is 14.1. The molecule has 2 nitrogen and oxygen atoms in total. The summed E-state index contributed by atoms with van der Waals surface area (Å²) in [6.45, 7) is 0. The van der Waals surface area contributed by atoms with Crippen LogP contribution in [0.1, 0.15) is 22.3 Å². The van der Waals surface area contributed by atoms with Crippen molar-refractivity contribution in [2.24, 2.45) is 0 Å². The zero-order valence-electron chi connectivity index (χ0n) is 34.3. The van der Waals surface area contributed by atoms with Gasteiger partial charge in [-0.05, 0) is 126 Å². The Balaban J connectivity index is 0.975. The van der Waals surface area contributed by atoms with Crippen LogP contribution < -0.4 is 9.80 Å². The van der Waals surface area contributed by atoms with Gasteiger partial charge in [-0.3, -0.25) is 0 Å². The molecule has 14 rings (SSSR count). The maximum atomic E-state index is 2.53. The van der Waals surface area contributed by atoms with Gasteiger partial charge < -0.3 is 9.80 Å². The molecule has 0 radical (unpaired) electrons. The molecule has 0 saturated carbocycles. The Hall–Kier alpha value is -8.20. The monoisotopic (exact) mass is 798 g/mol. The van der Waals surface area contributed by atoms with Crippen LogP contribution in [0.2, 0.25) is 0 Å². The number of hydrogen-bond donors (Lipinski definition) is 0. The summed E-state index contributed by atoms with van der Waals surface area (Å²) in [6, 6.07) is 85.9. The standard InChI is InChI=1S/C61H38N2/c1-2-16-39(17-3-1)40-18-14-19-43(36-40)62-57-29-12-13-30-58(57)63-56-35-33-41(37-51(56)45-21-5-4-20-44(45)50-25-15-31-59(62)60(50)63)42-32-34-49-48-24-8-11-28-54(48)61(55(49)38-42)52-26-9-6-22-46(52)47-23-7-10-27-53(47)61/h1-38H. The van der Waals surface area contributed by atoms with Crippen LogP contribution in [0.4, 0.5) is 34.1 Å². The molecular formula is C61H38N2. The number of benzene rings is 10. The van der Waals surface area contributed by atoms with Crippen molar-refractivity contribution in [3.63, 3.8) is 0 Å². The highest BCUT2D eigenvalue weighted by Crippen LogP contribution is 2.64. The maximum Gasteiger partial charge on any atom is 0.0782 e. The third kappa shape index (κ3) is 4.62. The lowest BCUT2D eigenvalue weighted by Gasteiger charge is -2.41. The SMILES string of the molecule is c1ccc(-c2cccc(N3c4ccccc4N4c5ccc(-c6ccc7c(c6)C6(c8ccccc8-c8ccccc86)c6ccccc6-7)cc5-c5ccccc5-c5cccc3c54)c2)cc1. The van der Waals surface area contributed by atoms with Gasteiger partial charge >= 0.3 is 0 Å². The molecule has 2 aliphatic heterocycles. The maximum absolute atomic E-state index is 2.53. The van der Waals surface area contributed by atoms with Crippen LogP contribution >= 0.6 is 0 Å². The van der Waals surface area contributed by atoms with Gasteiger partial charge in [0.05, 0.1) is 33.9 Å². The quantitative estimate of drug-likeness (QED) is 0.176. The molecule has 63 heavy (non-hydrogen) atoms. The lowest BCUT2D eigenvalue weighted by molar-refractivity contribution is 0.794. The minimum atomic E-state index is -0.393. The van der Waals surface area contributed by atoms with E-state index in [-0.39, 0.29) is 0 Å². The predicted molar refractivity (Wildman–Crippen MR) is 261 cm³/mol. The summed E-state index contributed by atoms with van der Waals surface area (Å²) in [5.41, 5.74) is 27.0. The Morgan fingerprint density at radius 3 is 1.41 bits per heavy atom. The molecule has 0 amide bonds. The first-order valence-corrected chi connectivity index (χ1v) is 21.9. The summed E-state index contributed by atoms with van der Waals surface area (Å²) in [7, 11) is 0. The second-order valence-electron chi connectivity index (χ2n) is 17.2. The van der Waals surface area contributed by atoms with Crippen molar-refractivity contribution < 1.29 is 0 Å². The minimum Gasteiger partial charge on any atom is -0.306 e. The molecule has 0 fully saturated rings. The molecule has 10 aromatic rings. The van der Waals surface area contributed by atoms with Gasteiger partial charge in [0.2, 0.25) is 0 Å². The van der Waals surface area contributed by atoms with Gasteiger partial charge in [0.25, 0.3) is 0 Å². The van der Waals surface area contributed by atoms with Gasteiger partial charge in [-0.15, -0.1) is 0 Å². The van der Waals surface area contributed by atoms with Crippen LogP contribution in [0.25, 0.3) is 66.8 Å². The van der Waals surface area contributed by atoms with E-state index in [1.54, 1.807) is 0 Å². The van der Waals surface area contributed by atoms with Crippen LogP contribution in [0, 0.1) is 0 Å². The first kappa shape index (κ1) is 34.5. The van der Waals surface area contributed by atoms with Crippen molar-refractivity contribution >= 4 is 34.1 Å². The molecule has 0 N–H and O–H groups in total. The van der Waals surface area contributed by atoms with E-state index in [0.29, 0.717) is 0 Å². The minimum absolute atomic E-state index is 0.393. The van der Waals surface area contributed by atoms with Crippen LogP contribution in [-0.4, -0.2) is 0 Å². The fraction of sp³-hybridized carbons (Fsp3) is 0.0164. The van der Waals surface area contributed by atoms with Gasteiger partial charge in [-0.25, -0.2) is 0 Å². The molecule has 2 heterocycles. The highest BCUT2D eigenvalue weighted by atomic mass is 15.3. The van der Waals surface area contributed by atoms with E-state index >= 15 is 0 Å². The van der Waals surface area contributed by atoms with E-state index in [1.165, 1.54) is 100 Å². The average Bonchev–Trinajstić information content (AvgIpc) is 3.78. The Morgan fingerprint density at radius 2 is 0.714 bits per heavy atom. The van der Waals surface area contributed by atoms with E-state index < -0.39 is 5.41 Å². The van der Waals surface area contributed by atoms with E-state index in [0.717, 1.165) is 22.7 Å². The smallest absolute Gasteiger partial charge is 0.0782 e. The van der Waals surface area contributed by atoms with Crippen LogP contribution in [0.5, 0.6) is 0 Å². The fourth-order valence-electron chi connectivity index (χ4n) is 11.6. The predicted octanol–water partition coefficient (Wildman–Crippen LogP) is 16.3. The molecule has 0 bridgehead atoms. The zero-order chi connectivity index (χ0) is 41.2. The second kappa shape index (κ2) is 12.9. The first-order valence-electron chi connectivity index (χ1n) is 21.9. The highest BCUT2D eigenvalue weighted by molar-refractivity contribution is 6.12. The number of nitrogens with zero attached hydrogens (tertiary/aromatic N) is 2. The molecular weight excluding hydrogens is 761 g/mol. The largest absolute Gasteiger partial charge is 0.306 e. The second-order valence-corrected chi connectivity index (χ2v) is 17.2. The van der Waals surface area contributed by atoms with Gasteiger partial charge in [-0.2, -0.15) is 0 Å². The van der Waals surface area contributed by atoms with Crippen LogP contribution in [-0.2, 0) is 5.41 Å². The highest BCUT2D eigenvalue weighted by Gasteiger charge is 2.51. The number of fused-ring (bicyclic) bond motifs is 17. The lowest BCUT2D eigenvalue weighted by Crippen LogP contribution is -2.25. The topological polar surface area (TPSA) is 6.48 Å². The molecule has 2 aliphatic carbocycles. The molecule has 0 unspecified atom stereocenters. The Kier molecular flexibility index (Phi) is 7.07. The fourth-order valence-corrected chi connectivity index (χ4v) is 11.6. The number of hydrogen-bond acceptors (Lipinski definition) is 2. The summed E-state index contributed by atoms with van der Waals surface area (Å²) >= 11 is 0. The summed E-state index contributed by atoms with van der Waals surface area (Å²) in [5, 5.41) is 0. The molecule has 10 aromatic carbocycles. The van der Waals surface area contributed by atoms with Gasteiger partial charge in [-0.1, -0.05) is 182 Å². The number of anilines is 6. The molecule has 0 atom stereocenters.